The van der Waals surface area contributed by atoms with Gasteiger partial charge in [0, 0.05) is 24.3 Å². The van der Waals surface area contributed by atoms with Crippen molar-refractivity contribution in [2.75, 3.05) is 92.5 Å². The van der Waals surface area contributed by atoms with E-state index in [0.29, 0.717) is 66.1 Å². The minimum atomic E-state index is -0.473. The Morgan fingerprint density at radius 1 is 0.333 bits per heavy atom. The Bertz CT molecular complexity index is 648. The maximum atomic E-state index is 10.7. The maximum absolute atomic E-state index is 10.7. The number of rotatable bonds is 25. The summed E-state index contributed by atoms with van der Waals surface area (Å²) >= 11 is 0. The molecule has 0 aromatic carbocycles. The first-order valence-electron chi connectivity index (χ1n) is 12.0. The monoisotopic (exact) mass is 560 g/mol. The van der Waals surface area contributed by atoms with Gasteiger partial charge in [0.05, 0.1) is 66.1 Å². The van der Waals surface area contributed by atoms with Crippen LogP contribution < -0.4 is 0 Å². The van der Waals surface area contributed by atoms with Crippen molar-refractivity contribution in [1.82, 2.24) is 0 Å². The van der Waals surface area contributed by atoms with Crippen LogP contribution >= 0.6 is 0 Å². The molecular weight excluding hydrogens is 520 g/mol. The van der Waals surface area contributed by atoms with Crippen molar-refractivity contribution in [3.05, 3.63) is 50.6 Å². The fraction of sp³-hybridized carbons (Fsp3) is 0.538. The highest BCUT2D eigenvalue weighted by Gasteiger charge is 1.98. The lowest BCUT2D eigenvalue weighted by atomic mass is 10.6. The molecule has 0 rings (SSSR count). The van der Waals surface area contributed by atoms with Gasteiger partial charge in [-0.15, -0.1) is 0 Å². The number of carbonyl (C=O) groups excluding carboxylic acids is 4. The highest BCUT2D eigenvalue weighted by Crippen LogP contribution is 1.86. The van der Waals surface area contributed by atoms with Gasteiger partial charge in [-0.1, -0.05) is 26.3 Å². The number of ether oxygens (including phenoxy) is 9. The van der Waals surface area contributed by atoms with Crippen LogP contribution in [-0.2, 0) is 61.8 Å². The van der Waals surface area contributed by atoms with E-state index in [2.05, 4.69) is 35.8 Å². The lowest BCUT2D eigenvalue weighted by Gasteiger charge is -2.07. The molecule has 0 amide bonds. The Hall–Kier alpha value is -3.36. The summed E-state index contributed by atoms with van der Waals surface area (Å²) in [6, 6.07) is 0. The summed E-state index contributed by atoms with van der Waals surface area (Å²) in [5.74, 6) is -1.88. The predicted octanol–water partition coefficient (Wildman–Crippen LogP) is 0.973. The quantitative estimate of drug-likeness (QED) is 0.0675. The van der Waals surface area contributed by atoms with Crippen LogP contribution in [0, 0.1) is 0 Å². The zero-order valence-corrected chi connectivity index (χ0v) is 22.3. The van der Waals surface area contributed by atoms with Gasteiger partial charge in [-0.3, -0.25) is 0 Å². The molecule has 0 aromatic heterocycles. The van der Waals surface area contributed by atoms with Gasteiger partial charge in [0.15, 0.2) is 0 Å². The van der Waals surface area contributed by atoms with E-state index in [0.717, 1.165) is 24.3 Å². The third kappa shape index (κ3) is 32.6. The first-order chi connectivity index (χ1) is 18.9. The molecular formula is C26H40O13. The van der Waals surface area contributed by atoms with E-state index >= 15 is 0 Å². The van der Waals surface area contributed by atoms with Crippen molar-refractivity contribution < 1.29 is 61.8 Å². The largest absolute Gasteiger partial charge is 0.460 e. The molecule has 0 N–H and O–H groups in total. The van der Waals surface area contributed by atoms with Crippen LogP contribution in [0.4, 0.5) is 0 Å². The minimum Gasteiger partial charge on any atom is -0.460 e. The first kappa shape index (κ1) is 37.8. The van der Waals surface area contributed by atoms with Gasteiger partial charge < -0.3 is 42.6 Å². The van der Waals surface area contributed by atoms with E-state index in [4.69, 9.17) is 33.2 Å². The molecule has 0 aliphatic carbocycles. The van der Waals surface area contributed by atoms with Gasteiger partial charge in [-0.25, -0.2) is 19.2 Å². The Labute approximate surface area is 229 Å². The van der Waals surface area contributed by atoms with Crippen LogP contribution in [0.1, 0.15) is 0 Å². The van der Waals surface area contributed by atoms with E-state index in [9.17, 15) is 19.2 Å². The average molecular weight is 561 g/mol. The summed E-state index contributed by atoms with van der Waals surface area (Å²) in [7, 11) is 0. The Balaban J connectivity index is 0. The SMILES string of the molecule is C=CC(=O)OCCOCCOCCOC(=O)C=C.C=CC(=O)OCCOCCOCCOCCOC(=O)C=C. The predicted molar refractivity (Wildman–Crippen MR) is 139 cm³/mol. The molecule has 0 saturated heterocycles. The van der Waals surface area contributed by atoms with E-state index in [1.807, 2.05) is 0 Å². The van der Waals surface area contributed by atoms with Crippen LogP contribution in [0.5, 0.6) is 0 Å². The second kappa shape index (κ2) is 30.9. The second-order valence-corrected chi connectivity index (χ2v) is 6.55. The highest BCUT2D eigenvalue weighted by molar-refractivity contribution is 5.82. The molecule has 0 radical (unpaired) electrons. The molecule has 13 nitrogen and oxygen atoms in total. The lowest BCUT2D eigenvalue weighted by molar-refractivity contribution is -0.141. The van der Waals surface area contributed by atoms with Crippen LogP contribution in [-0.4, -0.2) is 116 Å². The summed E-state index contributed by atoms with van der Waals surface area (Å²) in [5.41, 5.74) is 0. The number of esters is 4. The fourth-order valence-electron chi connectivity index (χ4n) is 1.90. The van der Waals surface area contributed by atoms with Gasteiger partial charge in [-0.05, 0) is 0 Å². The zero-order chi connectivity index (χ0) is 29.4. The molecule has 0 heterocycles. The van der Waals surface area contributed by atoms with Crippen molar-refractivity contribution in [3.8, 4) is 0 Å². The van der Waals surface area contributed by atoms with Crippen molar-refractivity contribution in [2.45, 2.75) is 0 Å². The standard InChI is InChI=1S/C14H22O7.C12H18O6/c1-3-13(15)20-11-9-18-7-5-17-6-8-19-10-12-21-14(16)4-2;1-3-11(13)17-9-7-15-5-6-16-8-10-18-12(14)4-2/h3-4H,1-2,5-12H2;3-4H,1-2,5-10H2. The number of hydrogen-bond acceptors (Lipinski definition) is 13. The van der Waals surface area contributed by atoms with E-state index in [1.54, 1.807) is 0 Å². The van der Waals surface area contributed by atoms with Gasteiger partial charge in [0.2, 0.25) is 0 Å². The lowest BCUT2D eigenvalue weighted by Crippen LogP contribution is -2.14. The van der Waals surface area contributed by atoms with Crippen LogP contribution in [0.2, 0.25) is 0 Å². The van der Waals surface area contributed by atoms with Crippen LogP contribution in [0.15, 0.2) is 50.6 Å². The topological polar surface area (TPSA) is 151 Å². The summed E-state index contributed by atoms with van der Waals surface area (Å²) < 4.78 is 44.6. The summed E-state index contributed by atoms with van der Waals surface area (Å²) in [6.07, 6.45) is 4.38. The van der Waals surface area contributed by atoms with E-state index < -0.39 is 23.9 Å². The van der Waals surface area contributed by atoms with Crippen molar-refractivity contribution in [1.29, 1.82) is 0 Å². The van der Waals surface area contributed by atoms with E-state index in [1.165, 1.54) is 0 Å². The Morgan fingerprint density at radius 2 is 0.487 bits per heavy atom. The smallest absolute Gasteiger partial charge is 0.330 e. The Morgan fingerprint density at radius 3 is 0.641 bits per heavy atom. The minimum absolute atomic E-state index is 0.182. The summed E-state index contributed by atoms with van der Waals surface area (Å²) in [6.45, 7) is 17.4. The molecule has 0 spiro atoms. The first-order valence-corrected chi connectivity index (χ1v) is 12.0. The normalized spacial score (nSPS) is 9.74. The number of carbonyl (C=O) groups is 4. The fourth-order valence-corrected chi connectivity index (χ4v) is 1.90. The third-order valence-corrected chi connectivity index (χ3v) is 3.67. The second-order valence-electron chi connectivity index (χ2n) is 6.55. The van der Waals surface area contributed by atoms with Gasteiger partial charge in [0.1, 0.15) is 26.4 Å². The van der Waals surface area contributed by atoms with E-state index in [-0.39, 0.29) is 26.4 Å². The Kier molecular flexibility index (Phi) is 29.9. The molecule has 0 aromatic rings. The third-order valence-electron chi connectivity index (χ3n) is 3.67. The van der Waals surface area contributed by atoms with Gasteiger partial charge >= 0.3 is 23.9 Å². The van der Waals surface area contributed by atoms with Crippen molar-refractivity contribution >= 4 is 23.9 Å². The molecule has 0 unspecified atom stereocenters. The number of hydrogen-bond donors (Lipinski definition) is 0. The molecule has 0 aliphatic heterocycles. The highest BCUT2D eigenvalue weighted by atomic mass is 16.6. The molecule has 0 fully saturated rings. The summed E-state index contributed by atoms with van der Waals surface area (Å²) in [4.78, 5) is 42.6. The molecule has 0 bridgehead atoms. The van der Waals surface area contributed by atoms with Gasteiger partial charge in [-0.2, -0.15) is 0 Å². The van der Waals surface area contributed by atoms with Crippen LogP contribution in [0.25, 0.3) is 0 Å². The molecule has 39 heavy (non-hydrogen) atoms. The zero-order valence-electron chi connectivity index (χ0n) is 22.3. The molecule has 222 valence electrons. The van der Waals surface area contributed by atoms with Crippen LogP contribution in [0.3, 0.4) is 0 Å². The molecule has 13 heteroatoms. The van der Waals surface area contributed by atoms with Crippen molar-refractivity contribution in [2.24, 2.45) is 0 Å². The average Bonchev–Trinajstić information content (AvgIpc) is 2.95. The molecule has 0 saturated carbocycles. The van der Waals surface area contributed by atoms with Crippen molar-refractivity contribution in [3.63, 3.8) is 0 Å². The maximum Gasteiger partial charge on any atom is 0.330 e. The molecule has 0 aliphatic rings. The van der Waals surface area contributed by atoms with Gasteiger partial charge in [0.25, 0.3) is 0 Å². The molecule has 0 atom stereocenters. The summed E-state index contributed by atoms with van der Waals surface area (Å²) in [5, 5.41) is 0.